The van der Waals surface area contributed by atoms with Crippen molar-refractivity contribution in [2.24, 2.45) is 0 Å². The lowest BCUT2D eigenvalue weighted by molar-refractivity contribution is -0.137. The van der Waals surface area contributed by atoms with E-state index >= 15 is 0 Å². The number of nitrogens with one attached hydrogen (secondary N) is 1. The normalized spacial score (nSPS) is 22.5. The highest BCUT2D eigenvalue weighted by atomic mass is 35.5. The topological polar surface area (TPSA) is 49.3 Å². The summed E-state index contributed by atoms with van der Waals surface area (Å²) in [6.07, 6.45) is 0.768. The van der Waals surface area contributed by atoms with Gasteiger partial charge in [-0.05, 0) is 30.7 Å². The second-order valence-corrected chi connectivity index (χ2v) is 6.05. The molecule has 1 unspecified atom stereocenters. The largest absolute Gasteiger partial charge is 0.379 e. The van der Waals surface area contributed by atoms with Crippen LogP contribution in [0.3, 0.4) is 0 Å². The predicted molar refractivity (Wildman–Crippen MR) is 75.0 cm³/mol. The van der Waals surface area contributed by atoms with Gasteiger partial charge >= 0.3 is 0 Å². The summed E-state index contributed by atoms with van der Waals surface area (Å²) in [6.45, 7) is 0.256. The van der Waals surface area contributed by atoms with Gasteiger partial charge in [0.2, 0.25) is 0 Å². The molecule has 0 spiro atoms. The van der Waals surface area contributed by atoms with Gasteiger partial charge in [-0.1, -0.05) is 17.7 Å². The minimum atomic E-state index is -1.27. The minimum Gasteiger partial charge on any atom is -0.379 e. The van der Waals surface area contributed by atoms with E-state index in [2.05, 4.69) is 5.32 Å². The summed E-state index contributed by atoms with van der Waals surface area (Å²) in [6, 6.07) is 4.49. The Bertz CT molecular complexity index is 457. The van der Waals surface area contributed by atoms with Crippen LogP contribution in [0.15, 0.2) is 18.2 Å². The highest BCUT2D eigenvalue weighted by molar-refractivity contribution is 7.99. The van der Waals surface area contributed by atoms with Crippen molar-refractivity contribution in [1.82, 2.24) is 5.32 Å². The SMILES string of the molecule is O=C(NCCc1c(F)cccc1Cl)C1(O)CCSC1. The third-order valence-corrected chi connectivity index (χ3v) is 4.67. The fraction of sp³-hybridized carbons (Fsp3) is 0.462. The fourth-order valence-corrected chi connectivity index (χ4v) is 3.47. The summed E-state index contributed by atoms with van der Waals surface area (Å²) >= 11 is 7.45. The molecule has 19 heavy (non-hydrogen) atoms. The van der Waals surface area contributed by atoms with Crippen LogP contribution in [-0.2, 0) is 11.2 Å². The lowest BCUT2D eigenvalue weighted by Gasteiger charge is -2.20. The number of hydrogen-bond acceptors (Lipinski definition) is 3. The van der Waals surface area contributed by atoms with Crippen molar-refractivity contribution >= 4 is 29.3 Å². The van der Waals surface area contributed by atoms with Crippen LogP contribution < -0.4 is 5.32 Å². The number of aliphatic hydroxyl groups is 1. The summed E-state index contributed by atoms with van der Waals surface area (Å²) in [5, 5.41) is 13.0. The zero-order chi connectivity index (χ0) is 13.9. The standard InChI is InChI=1S/C13H15ClFNO2S/c14-10-2-1-3-11(15)9(10)4-6-16-12(17)13(18)5-7-19-8-13/h1-3,18H,4-8H2,(H,16,17). The molecule has 0 aliphatic carbocycles. The Morgan fingerprint density at radius 3 is 3.00 bits per heavy atom. The Labute approximate surface area is 120 Å². The summed E-state index contributed by atoms with van der Waals surface area (Å²) < 4.78 is 13.5. The van der Waals surface area contributed by atoms with Crippen molar-refractivity contribution in [3.8, 4) is 0 Å². The lowest BCUT2D eigenvalue weighted by atomic mass is 10.0. The zero-order valence-electron chi connectivity index (χ0n) is 10.3. The molecule has 3 nitrogen and oxygen atoms in total. The molecule has 1 amide bonds. The van der Waals surface area contributed by atoms with Gasteiger partial charge in [0.25, 0.3) is 5.91 Å². The highest BCUT2D eigenvalue weighted by Gasteiger charge is 2.39. The van der Waals surface area contributed by atoms with Crippen molar-refractivity contribution in [2.75, 3.05) is 18.1 Å². The summed E-state index contributed by atoms with van der Waals surface area (Å²) in [7, 11) is 0. The van der Waals surface area contributed by atoms with E-state index < -0.39 is 5.60 Å². The molecule has 104 valence electrons. The van der Waals surface area contributed by atoms with Crippen LogP contribution >= 0.6 is 23.4 Å². The molecule has 0 aromatic heterocycles. The average Bonchev–Trinajstić information content (AvgIpc) is 2.81. The molecule has 1 aromatic rings. The van der Waals surface area contributed by atoms with Gasteiger partial charge in [0.1, 0.15) is 5.82 Å². The fourth-order valence-electron chi connectivity index (χ4n) is 1.97. The quantitative estimate of drug-likeness (QED) is 0.894. The van der Waals surface area contributed by atoms with E-state index in [9.17, 15) is 14.3 Å². The van der Waals surface area contributed by atoms with Crippen LogP contribution in [0.1, 0.15) is 12.0 Å². The van der Waals surface area contributed by atoms with E-state index in [0.717, 1.165) is 5.75 Å². The number of halogens is 2. The second kappa shape index (κ2) is 6.11. The van der Waals surface area contributed by atoms with E-state index in [1.54, 1.807) is 17.8 Å². The molecule has 1 fully saturated rings. The number of rotatable bonds is 4. The molecule has 6 heteroatoms. The Kier molecular flexibility index (Phi) is 4.71. The van der Waals surface area contributed by atoms with Gasteiger partial charge in [-0.25, -0.2) is 4.39 Å². The molecule has 1 aromatic carbocycles. The molecule has 1 heterocycles. The van der Waals surface area contributed by atoms with E-state index in [0.29, 0.717) is 29.2 Å². The Morgan fingerprint density at radius 1 is 1.58 bits per heavy atom. The van der Waals surface area contributed by atoms with Crippen LogP contribution in [-0.4, -0.2) is 34.7 Å². The van der Waals surface area contributed by atoms with Crippen LogP contribution in [0.2, 0.25) is 5.02 Å². The molecular formula is C13H15ClFNO2S. The second-order valence-electron chi connectivity index (χ2n) is 4.54. The first-order valence-corrected chi connectivity index (χ1v) is 7.57. The smallest absolute Gasteiger partial charge is 0.252 e. The van der Waals surface area contributed by atoms with Gasteiger partial charge in [-0.2, -0.15) is 11.8 Å². The van der Waals surface area contributed by atoms with E-state index in [4.69, 9.17) is 11.6 Å². The van der Waals surface area contributed by atoms with E-state index in [-0.39, 0.29) is 18.3 Å². The van der Waals surface area contributed by atoms with Crippen LogP contribution in [0, 0.1) is 5.82 Å². The van der Waals surface area contributed by atoms with Gasteiger partial charge in [-0.3, -0.25) is 4.79 Å². The van der Waals surface area contributed by atoms with Gasteiger partial charge in [-0.15, -0.1) is 0 Å². The first-order chi connectivity index (χ1) is 9.03. The molecule has 1 atom stereocenters. The van der Waals surface area contributed by atoms with Crippen molar-refractivity contribution in [3.63, 3.8) is 0 Å². The van der Waals surface area contributed by atoms with E-state index in [1.807, 2.05) is 0 Å². The molecule has 1 aliphatic heterocycles. The van der Waals surface area contributed by atoms with Gasteiger partial charge in [0.15, 0.2) is 5.60 Å². The minimum absolute atomic E-state index is 0.256. The summed E-state index contributed by atoms with van der Waals surface area (Å²) in [4.78, 5) is 11.8. The number of carbonyl (C=O) groups is 1. The van der Waals surface area contributed by atoms with Crippen LogP contribution in [0.5, 0.6) is 0 Å². The van der Waals surface area contributed by atoms with Crippen molar-refractivity contribution in [2.45, 2.75) is 18.4 Å². The molecule has 1 saturated heterocycles. The molecular weight excluding hydrogens is 289 g/mol. The molecule has 2 rings (SSSR count). The van der Waals surface area contributed by atoms with Gasteiger partial charge in [0.05, 0.1) is 0 Å². The zero-order valence-corrected chi connectivity index (χ0v) is 11.9. The van der Waals surface area contributed by atoms with Crippen molar-refractivity contribution in [1.29, 1.82) is 0 Å². The van der Waals surface area contributed by atoms with E-state index in [1.165, 1.54) is 12.1 Å². The van der Waals surface area contributed by atoms with Crippen LogP contribution in [0.25, 0.3) is 0 Å². The first-order valence-electron chi connectivity index (χ1n) is 6.04. The highest BCUT2D eigenvalue weighted by Crippen LogP contribution is 2.27. The van der Waals surface area contributed by atoms with Crippen molar-refractivity contribution < 1.29 is 14.3 Å². The average molecular weight is 304 g/mol. The van der Waals surface area contributed by atoms with Gasteiger partial charge in [0, 0.05) is 22.9 Å². The van der Waals surface area contributed by atoms with Crippen LogP contribution in [0.4, 0.5) is 4.39 Å². The number of benzene rings is 1. The predicted octanol–water partition coefficient (Wildman–Crippen LogP) is 2.01. The van der Waals surface area contributed by atoms with Gasteiger partial charge < -0.3 is 10.4 Å². The molecule has 0 bridgehead atoms. The maximum absolute atomic E-state index is 13.5. The Hall–Kier alpha value is -0.780. The summed E-state index contributed by atoms with van der Waals surface area (Å²) in [5.41, 5.74) is -0.888. The maximum Gasteiger partial charge on any atom is 0.252 e. The summed E-state index contributed by atoms with van der Waals surface area (Å²) in [5.74, 6) is 0.435. The molecule has 2 N–H and O–H groups in total. The number of amides is 1. The molecule has 0 saturated carbocycles. The number of hydrogen-bond donors (Lipinski definition) is 2. The molecule has 0 radical (unpaired) electrons. The monoisotopic (exact) mass is 303 g/mol. The third kappa shape index (κ3) is 3.41. The lowest BCUT2D eigenvalue weighted by Crippen LogP contribution is -2.47. The molecule has 1 aliphatic rings. The number of thioether (sulfide) groups is 1. The maximum atomic E-state index is 13.5. The Balaban J connectivity index is 1.88. The number of carbonyl (C=O) groups excluding carboxylic acids is 1. The third-order valence-electron chi connectivity index (χ3n) is 3.15. The first kappa shape index (κ1) is 14.6. The van der Waals surface area contributed by atoms with Crippen molar-refractivity contribution in [3.05, 3.63) is 34.6 Å². The Morgan fingerprint density at radius 2 is 2.37 bits per heavy atom.